The van der Waals surface area contributed by atoms with Crippen LogP contribution in [0.5, 0.6) is 5.88 Å². The van der Waals surface area contributed by atoms with E-state index in [2.05, 4.69) is 15.3 Å². The molecule has 0 saturated carbocycles. The Bertz CT molecular complexity index is 514. The van der Waals surface area contributed by atoms with Crippen LogP contribution in [-0.4, -0.2) is 22.5 Å². The molecule has 0 aromatic carbocycles. The lowest BCUT2D eigenvalue weighted by Crippen LogP contribution is -2.23. The standard InChI is InChI=1S/C12H13N3O2S/c1-2-17-11-6-10(14-8-15-11)12(16)13-7-9-4-3-5-18-9/h3-6,8H,2,7H2,1H3,(H,13,16). The van der Waals surface area contributed by atoms with Gasteiger partial charge in [0, 0.05) is 10.9 Å². The number of ether oxygens (including phenoxy) is 1. The highest BCUT2D eigenvalue weighted by molar-refractivity contribution is 7.09. The minimum Gasteiger partial charge on any atom is -0.478 e. The Morgan fingerprint density at radius 1 is 1.50 bits per heavy atom. The number of rotatable bonds is 5. The molecular weight excluding hydrogens is 250 g/mol. The van der Waals surface area contributed by atoms with Gasteiger partial charge in [-0.25, -0.2) is 9.97 Å². The molecule has 0 aliphatic heterocycles. The van der Waals surface area contributed by atoms with Crippen LogP contribution in [0.15, 0.2) is 29.9 Å². The zero-order valence-corrected chi connectivity index (χ0v) is 10.7. The second-order valence-corrected chi connectivity index (χ2v) is 4.47. The van der Waals surface area contributed by atoms with Crippen LogP contribution in [-0.2, 0) is 6.54 Å². The molecule has 0 unspecified atom stereocenters. The highest BCUT2D eigenvalue weighted by Gasteiger charge is 2.09. The zero-order chi connectivity index (χ0) is 12.8. The van der Waals surface area contributed by atoms with E-state index < -0.39 is 0 Å². The van der Waals surface area contributed by atoms with E-state index in [1.165, 1.54) is 12.4 Å². The molecule has 0 radical (unpaired) electrons. The van der Waals surface area contributed by atoms with E-state index in [-0.39, 0.29) is 5.91 Å². The van der Waals surface area contributed by atoms with Gasteiger partial charge in [0.15, 0.2) is 0 Å². The predicted molar refractivity (Wildman–Crippen MR) is 68.7 cm³/mol. The first-order valence-corrected chi connectivity index (χ1v) is 6.43. The summed E-state index contributed by atoms with van der Waals surface area (Å²) in [5, 5.41) is 4.77. The molecular formula is C12H13N3O2S. The van der Waals surface area contributed by atoms with Crippen molar-refractivity contribution in [1.29, 1.82) is 0 Å². The molecule has 2 aromatic rings. The van der Waals surface area contributed by atoms with E-state index in [9.17, 15) is 4.79 Å². The van der Waals surface area contributed by atoms with Crippen LogP contribution in [0, 0.1) is 0 Å². The molecule has 0 saturated heterocycles. The molecule has 6 heteroatoms. The van der Waals surface area contributed by atoms with E-state index in [0.29, 0.717) is 24.7 Å². The minimum atomic E-state index is -0.230. The maximum absolute atomic E-state index is 11.8. The van der Waals surface area contributed by atoms with Crippen LogP contribution >= 0.6 is 11.3 Å². The lowest BCUT2D eigenvalue weighted by molar-refractivity contribution is 0.0945. The van der Waals surface area contributed by atoms with Gasteiger partial charge >= 0.3 is 0 Å². The molecule has 0 aliphatic rings. The summed E-state index contributed by atoms with van der Waals surface area (Å²) < 4.78 is 5.22. The first kappa shape index (κ1) is 12.5. The fraction of sp³-hybridized carbons (Fsp3) is 0.250. The lowest BCUT2D eigenvalue weighted by atomic mass is 10.3. The summed E-state index contributed by atoms with van der Waals surface area (Å²) in [5.74, 6) is 0.181. The number of nitrogens with zero attached hydrogens (tertiary/aromatic N) is 2. The van der Waals surface area contributed by atoms with E-state index in [4.69, 9.17) is 4.74 Å². The predicted octanol–water partition coefficient (Wildman–Crippen LogP) is 1.87. The van der Waals surface area contributed by atoms with Crippen LogP contribution in [0.1, 0.15) is 22.3 Å². The second kappa shape index (κ2) is 6.11. The summed E-state index contributed by atoms with van der Waals surface area (Å²) in [6.45, 7) is 2.87. The molecule has 0 spiro atoms. The molecule has 0 fully saturated rings. The van der Waals surface area contributed by atoms with Crippen LogP contribution in [0.2, 0.25) is 0 Å². The maximum Gasteiger partial charge on any atom is 0.270 e. The van der Waals surface area contributed by atoms with Crippen molar-refractivity contribution < 1.29 is 9.53 Å². The summed E-state index contributed by atoms with van der Waals surface area (Å²) in [7, 11) is 0. The van der Waals surface area contributed by atoms with Crippen LogP contribution < -0.4 is 10.1 Å². The van der Waals surface area contributed by atoms with E-state index in [1.54, 1.807) is 11.3 Å². The molecule has 0 aliphatic carbocycles. The number of amides is 1. The van der Waals surface area contributed by atoms with Gasteiger partial charge in [0.05, 0.1) is 13.2 Å². The van der Waals surface area contributed by atoms with Crippen LogP contribution in [0.4, 0.5) is 0 Å². The summed E-state index contributed by atoms with van der Waals surface area (Å²) in [5.41, 5.74) is 0.310. The molecule has 1 amide bonds. The third-order valence-electron chi connectivity index (χ3n) is 2.17. The van der Waals surface area contributed by atoms with Crippen molar-refractivity contribution in [3.8, 4) is 5.88 Å². The molecule has 2 aromatic heterocycles. The number of hydrogen-bond acceptors (Lipinski definition) is 5. The fourth-order valence-corrected chi connectivity index (χ4v) is 2.01. The Labute approximate surface area is 109 Å². The number of aromatic nitrogens is 2. The topological polar surface area (TPSA) is 64.1 Å². The highest BCUT2D eigenvalue weighted by atomic mass is 32.1. The van der Waals surface area contributed by atoms with Crippen molar-refractivity contribution >= 4 is 17.2 Å². The Hall–Kier alpha value is -1.95. The molecule has 18 heavy (non-hydrogen) atoms. The number of hydrogen-bond donors (Lipinski definition) is 1. The SMILES string of the molecule is CCOc1cc(C(=O)NCc2cccs2)ncn1. The summed E-state index contributed by atoms with van der Waals surface area (Å²) in [6, 6.07) is 5.45. The van der Waals surface area contributed by atoms with E-state index >= 15 is 0 Å². The highest BCUT2D eigenvalue weighted by Crippen LogP contribution is 2.09. The first-order chi connectivity index (χ1) is 8.79. The van der Waals surface area contributed by atoms with Crippen molar-refractivity contribution in [2.24, 2.45) is 0 Å². The average molecular weight is 263 g/mol. The van der Waals surface area contributed by atoms with Crippen molar-refractivity contribution in [2.45, 2.75) is 13.5 Å². The zero-order valence-electron chi connectivity index (χ0n) is 9.92. The van der Waals surface area contributed by atoms with Gasteiger partial charge in [-0.1, -0.05) is 6.07 Å². The molecule has 2 rings (SSSR count). The molecule has 0 bridgehead atoms. The summed E-state index contributed by atoms with van der Waals surface area (Å²) in [4.78, 5) is 20.8. The minimum absolute atomic E-state index is 0.230. The average Bonchev–Trinajstić information content (AvgIpc) is 2.90. The number of thiophene rings is 1. The third kappa shape index (κ3) is 3.27. The summed E-state index contributed by atoms with van der Waals surface area (Å²) >= 11 is 1.60. The van der Waals surface area contributed by atoms with Crippen molar-refractivity contribution in [2.75, 3.05) is 6.61 Å². The fourth-order valence-electron chi connectivity index (χ4n) is 1.36. The van der Waals surface area contributed by atoms with E-state index in [1.807, 2.05) is 24.4 Å². The van der Waals surface area contributed by atoms with Crippen LogP contribution in [0.3, 0.4) is 0 Å². The van der Waals surface area contributed by atoms with Crippen molar-refractivity contribution in [1.82, 2.24) is 15.3 Å². The monoisotopic (exact) mass is 263 g/mol. The van der Waals surface area contributed by atoms with Crippen molar-refractivity contribution in [3.63, 3.8) is 0 Å². The number of carbonyl (C=O) groups excluding carboxylic acids is 1. The lowest BCUT2D eigenvalue weighted by Gasteiger charge is -2.05. The Morgan fingerprint density at radius 3 is 3.11 bits per heavy atom. The van der Waals surface area contributed by atoms with Gasteiger partial charge in [-0.15, -0.1) is 11.3 Å². The second-order valence-electron chi connectivity index (χ2n) is 3.44. The molecule has 5 nitrogen and oxygen atoms in total. The molecule has 2 heterocycles. The normalized spacial score (nSPS) is 10.1. The Kier molecular flexibility index (Phi) is 4.25. The Morgan fingerprint density at radius 2 is 2.39 bits per heavy atom. The van der Waals surface area contributed by atoms with E-state index in [0.717, 1.165) is 4.88 Å². The smallest absolute Gasteiger partial charge is 0.270 e. The molecule has 0 atom stereocenters. The van der Waals surface area contributed by atoms with Gasteiger partial charge in [0.2, 0.25) is 5.88 Å². The first-order valence-electron chi connectivity index (χ1n) is 5.55. The quantitative estimate of drug-likeness (QED) is 0.894. The van der Waals surface area contributed by atoms with Gasteiger partial charge in [-0.2, -0.15) is 0 Å². The summed E-state index contributed by atoms with van der Waals surface area (Å²) in [6.07, 6.45) is 1.32. The maximum atomic E-state index is 11.8. The molecule has 94 valence electrons. The van der Waals surface area contributed by atoms with Crippen molar-refractivity contribution in [3.05, 3.63) is 40.5 Å². The number of carbonyl (C=O) groups is 1. The third-order valence-corrected chi connectivity index (χ3v) is 3.05. The van der Waals surface area contributed by atoms with Gasteiger partial charge in [0.25, 0.3) is 5.91 Å². The number of nitrogens with one attached hydrogen (secondary N) is 1. The van der Waals surface area contributed by atoms with Gasteiger partial charge in [-0.3, -0.25) is 4.79 Å². The van der Waals surface area contributed by atoms with Gasteiger partial charge in [-0.05, 0) is 18.4 Å². The van der Waals surface area contributed by atoms with Crippen LogP contribution in [0.25, 0.3) is 0 Å². The largest absolute Gasteiger partial charge is 0.478 e. The van der Waals surface area contributed by atoms with Gasteiger partial charge < -0.3 is 10.1 Å². The Balaban J connectivity index is 1.97. The van der Waals surface area contributed by atoms with Gasteiger partial charge in [0.1, 0.15) is 12.0 Å². The molecule has 1 N–H and O–H groups in total.